The van der Waals surface area contributed by atoms with Crippen molar-refractivity contribution in [1.82, 2.24) is 0 Å². The first kappa shape index (κ1) is 14.7. The minimum Gasteiger partial charge on any atom is -0.397 e. The molecule has 0 bridgehead atoms. The van der Waals surface area contributed by atoms with Gasteiger partial charge in [-0.3, -0.25) is 4.72 Å². The Bertz CT molecular complexity index is 497. The fraction of sp³-hybridized carbons (Fsp3) is 0.400. The van der Waals surface area contributed by atoms with Crippen molar-refractivity contribution >= 4 is 21.4 Å². The molecule has 0 atom stereocenters. The first-order chi connectivity index (χ1) is 8.35. The molecule has 0 unspecified atom stereocenters. The molecule has 0 saturated heterocycles. The van der Waals surface area contributed by atoms with E-state index in [1.54, 1.807) is 0 Å². The highest BCUT2D eigenvalue weighted by molar-refractivity contribution is 7.92. The van der Waals surface area contributed by atoms with Gasteiger partial charge in [-0.1, -0.05) is 0 Å². The van der Waals surface area contributed by atoms with Crippen LogP contribution in [0.25, 0.3) is 0 Å². The average Bonchev–Trinajstić information content (AvgIpc) is 2.23. The van der Waals surface area contributed by atoms with Gasteiger partial charge in [0.2, 0.25) is 10.0 Å². The Morgan fingerprint density at radius 2 is 2.06 bits per heavy atom. The second kappa shape index (κ2) is 5.96. The van der Waals surface area contributed by atoms with E-state index < -0.39 is 27.3 Å². The second-order valence-electron chi connectivity index (χ2n) is 3.62. The van der Waals surface area contributed by atoms with Crippen molar-refractivity contribution < 1.29 is 21.9 Å². The molecule has 3 N–H and O–H groups in total. The van der Waals surface area contributed by atoms with Gasteiger partial charge >= 0.3 is 0 Å². The van der Waals surface area contributed by atoms with Gasteiger partial charge in [-0.2, -0.15) is 0 Å². The monoisotopic (exact) mass is 280 g/mol. The molecule has 18 heavy (non-hydrogen) atoms. The summed E-state index contributed by atoms with van der Waals surface area (Å²) in [5.74, 6) is -2.16. The molecule has 0 aliphatic carbocycles. The third kappa shape index (κ3) is 4.11. The molecule has 8 heteroatoms. The number of anilines is 2. The van der Waals surface area contributed by atoms with Crippen molar-refractivity contribution in [2.24, 2.45) is 0 Å². The van der Waals surface area contributed by atoms with Crippen LogP contribution in [0.3, 0.4) is 0 Å². The minimum absolute atomic E-state index is 0.239. The summed E-state index contributed by atoms with van der Waals surface area (Å²) in [6.45, 7) is 0.266. The predicted molar refractivity (Wildman–Crippen MR) is 64.7 cm³/mol. The molecule has 0 aliphatic rings. The fourth-order valence-corrected chi connectivity index (χ4v) is 2.43. The van der Waals surface area contributed by atoms with E-state index in [1.165, 1.54) is 7.11 Å². The lowest BCUT2D eigenvalue weighted by Crippen LogP contribution is -2.19. The van der Waals surface area contributed by atoms with E-state index in [2.05, 4.69) is 0 Å². The summed E-state index contributed by atoms with van der Waals surface area (Å²) in [4.78, 5) is 0. The summed E-state index contributed by atoms with van der Waals surface area (Å²) in [5.41, 5.74) is 4.61. The lowest BCUT2D eigenvalue weighted by atomic mass is 10.2. The minimum atomic E-state index is -3.74. The van der Waals surface area contributed by atoms with Gasteiger partial charge < -0.3 is 10.5 Å². The lowest BCUT2D eigenvalue weighted by molar-refractivity contribution is 0.199. The highest BCUT2D eigenvalue weighted by Crippen LogP contribution is 2.24. The number of halogens is 2. The first-order valence-corrected chi connectivity index (χ1v) is 6.75. The lowest BCUT2D eigenvalue weighted by Gasteiger charge is -2.11. The van der Waals surface area contributed by atoms with Gasteiger partial charge in [-0.15, -0.1) is 0 Å². The van der Waals surface area contributed by atoms with Gasteiger partial charge in [0.1, 0.15) is 11.5 Å². The molecule has 0 saturated carbocycles. The Hall–Kier alpha value is -1.41. The third-order valence-electron chi connectivity index (χ3n) is 2.10. The van der Waals surface area contributed by atoms with Crippen molar-refractivity contribution in [2.75, 3.05) is 29.9 Å². The largest absolute Gasteiger partial charge is 0.397 e. The van der Waals surface area contributed by atoms with Crippen LogP contribution in [0.2, 0.25) is 0 Å². The normalized spacial score (nSPS) is 11.5. The number of sulfonamides is 1. The maximum atomic E-state index is 13.4. The average molecular weight is 280 g/mol. The van der Waals surface area contributed by atoms with Crippen LogP contribution in [0.15, 0.2) is 12.1 Å². The topological polar surface area (TPSA) is 81.4 Å². The molecule has 1 aromatic rings. The van der Waals surface area contributed by atoms with E-state index in [0.717, 1.165) is 6.07 Å². The van der Waals surface area contributed by atoms with Crippen molar-refractivity contribution in [3.05, 3.63) is 23.8 Å². The summed E-state index contributed by atoms with van der Waals surface area (Å²) in [5, 5.41) is 0. The summed E-state index contributed by atoms with van der Waals surface area (Å²) in [6, 6.07) is 1.40. The van der Waals surface area contributed by atoms with Gasteiger partial charge in [-0.25, -0.2) is 17.2 Å². The van der Waals surface area contributed by atoms with Gasteiger partial charge in [0, 0.05) is 19.8 Å². The Kier molecular flexibility index (Phi) is 4.85. The quantitative estimate of drug-likeness (QED) is 0.608. The Labute approximate surface area is 104 Å². The maximum Gasteiger partial charge on any atom is 0.232 e. The predicted octanol–water partition coefficient (Wildman–Crippen LogP) is 1.33. The highest BCUT2D eigenvalue weighted by atomic mass is 32.2. The number of methoxy groups -OCH3 is 1. The Morgan fingerprint density at radius 1 is 1.39 bits per heavy atom. The summed E-state index contributed by atoms with van der Waals surface area (Å²) >= 11 is 0. The number of hydrogen-bond donors (Lipinski definition) is 2. The number of nitrogens with one attached hydrogen (secondary N) is 1. The SMILES string of the molecule is COCCCS(=O)(=O)Nc1c(N)cc(F)cc1F. The van der Waals surface area contributed by atoms with Crippen LogP contribution in [0.1, 0.15) is 6.42 Å². The van der Waals surface area contributed by atoms with Crippen LogP contribution in [0.4, 0.5) is 20.2 Å². The third-order valence-corrected chi connectivity index (χ3v) is 3.45. The van der Waals surface area contributed by atoms with Gasteiger partial charge in [0.05, 0.1) is 11.4 Å². The molecular weight excluding hydrogens is 266 g/mol. The van der Waals surface area contributed by atoms with Crippen molar-refractivity contribution in [1.29, 1.82) is 0 Å². The fourth-order valence-electron chi connectivity index (χ4n) is 1.30. The van der Waals surface area contributed by atoms with Crippen molar-refractivity contribution in [2.45, 2.75) is 6.42 Å². The standard InChI is InChI=1S/C10H14F2N2O3S/c1-17-3-2-4-18(15,16)14-10-8(12)5-7(11)6-9(10)13/h5-6,14H,2-4,13H2,1H3. The summed E-state index contributed by atoms with van der Waals surface area (Å²) in [6.07, 6.45) is 0.258. The maximum absolute atomic E-state index is 13.4. The molecule has 102 valence electrons. The number of nitrogen functional groups attached to an aromatic ring is 1. The van der Waals surface area contributed by atoms with E-state index in [1.807, 2.05) is 4.72 Å². The summed E-state index contributed by atoms with van der Waals surface area (Å²) in [7, 11) is -2.30. The van der Waals surface area contributed by atoms with E-state index in [0.29, 0.717) is 6.07 Å². The van der Waals surface area contributed by atoms with E-state index >= 15 is 0 Å². The van der Waals surface area contributed by atoms with Crippen molar-refractivity contribution in [3.8, 4) is 0 Å². The number of benzene rings is 1. The molecule has 5 nitrogen and oxygen atoms in total. The zero-order valence-electron chi connectivity index (χ0n) is 9.74. The van der Waals surface area contributed by atoms with Crippen molar-refractivity contribution in [3.63, 3.8) is 0 Å². The van der Waals surface area contributed by atoms with Crippen LogP contribution in [0.5, 0.6) is 0 Å². The van der Waals surface area contributed by atoms with Gasteiger partial charge in [0.15, 0.2) is 5.82 Å². The summed E-state index contributed by atoms with van der Waals surface area (Å²) < 4.78 is 56.0. The molecule has 1 rings (SSSR count). The molecule has 0 aliphatic heterocycles. The van der Waals surface area contributed by atoms with E-state index in [4.69, 9.17) is 10.5 Å². The van der Waals surface area contributed by atoms with Crippen LogP contribution in [0, 0.1) is 11.6 Å². The number of rotatable bonds is 6. The highest BCUT2D eigenvalue weighted by Gasteiger charge is 2.16. The zero-order chi connectivity index (χ0) is 13.8. The van der Waals surface area contributed by atoms with Gasteiger partial charge in [-0.05, 0) is 12.5 Å². The molecule has 1 aromatic carbocycles. The molecular formula is C10H14F2N2O3S. The molecule has 0 amide bonds. The second-order valence-corrected chi connectivity index (χ2v) is 5.46. The van der Waals surface area contributed by atoms with E-state index in [9.17, 15) is 17.2 Å². The number of nitrogens with two attached hydrogens (primary N) is 1. The van der Waals surface area contributed by atoms with E-state index in [-0.39, 0.29) is 24.5 Å². The molecule has 0 heterocycles. The molecule has 0 fully saturated rings. The van der Waals surface area contributed by atoms with Gasteiger partial charge in [0.25, 0.3) is 0 Å². The molecule has 0 spiro atoms. The van der Waals surface area contributed by atoms with Crippen LogP contribution in [-0.4, -0.2) is 27.9 Å². The first-order valence-electron chi connectivity index (χ1n) is 5.09. The Balaban J connectivity index is 2.84. The van der Waals surface area contributed by atoms with Crippen LogP contribution in [-0.2, 0) is 14.8 Å². The zero-order valence-corrected chi connectivity index (χ0v) is 10.6. The Morgan fingerprint density at radius 3 is 2.61 bits per heavy atom. The number of hydrogen-bond acceptors (Lipinski definition) is 4. The van der Waals surface area contributed by atoms with Crippen LogP contribution < -0.4 is 10.5 Å². The number of ether oxygens (including phenoxy) is 1. The molecule has 0 aromatic heterocycles. The smallest absolute Gasteiger partial charge is 0.232 e. The van der Waals surface area contributed by atoms with Crippen LogP contribution >= 0.6 is 0 Å². The molecule has 0 radical (unpaired) electrons.